The van der Waals surface area contributed by atoms with Crippen molar-refractivity contribution >= 4 is 17.9 Å². The number of hydrogen-bond donors (Lipinski definition) is 0. The number of esters is 3. The zero-order valence-corrected chi connectivity index (χ0v) is 51.9. The molecule has 0 aromatic carbocycles. The van der Waals surface area contributed by atoms with E-state index in [1.54, 1.807) is 0 Å². The molecule has 0 spiro atoms. The summed E-state index contributed by atoms with van der Waals surface area (Å²) in [6, 6.07) is 0. The summed E-state index contributed by atoms with van der Waals surface area (Å²) in [6.45, 7) is 6.48. The molecule has 0 bridgehead atoms. The van der Waals surface area contributed by atoms with E-state index in [4.69, 9.17) is 14.2 Å². The Labute approximate surface area is 484 Å². The third-order valence-corrected chi connectivity index (χ3v) is 14.9. The third-order valence-electron chi connectivity index (χ3n) is 14.9. The minimum Gasteiger partial charge on any atom is -0.462 e. The fourth-order valence-corrected chi connectivity index (χ4v) is 9.85. The maximum atomic E-state index is 12.9. The van der Waals surface area contributed by atoms with E-state index in [0.717, 1.165) is 103 Å². The van der Waals surface area contributed by atoms with Crippen LogP contribution in [0.5, 0.6) is 0 Å². The summed E-state index contributed by atoms with van der Waals surface area (Å²) >= 11 is 0. The lowest BCUT2D eigenvalue weighted by molar-refractivity contribution is -0.167. The van der Waals surface area contributed by atoms with Gasteiger partial charge in [-0.15, -0.1) is 0 Å². The van der Waals surface area contributed by atoms with Gasteiger partial charge in [0.1, 0.15) is 13.2 Å². The first-order valence-electron chi connectivity index (χ1n) is 33.9. The maximum absolute atomic E-state index is 12.9. The van der Waals surface area contributed by atoms with E-state index in [2.05, 4.69) is 93.7 Å². The summed E-state index contributed by atoms with van der Waals surface area (Å²) in [5.41, 5.74) is 0. The van der Waals surface area contributed by atoms with Crippen molar-refractivity contribution in [3.8, 4) is 0 Å². The molecule has 0 aliphatic carbocycles. The Bertz CT molecular complexity index is 1440. The molecule has 452 valence electrons. The Morgan fingerprint density at radius 1 is 0.269 bits per heavy atom. The summed E-state index contributed by atoms with van der Waals surface area (Å²) in [6.07, 6.45) is 86.7. The summed E-state index contributed by atoms with van der Waals surface area (Å²) in [7, 11) is 0. The maximum Gasteiger partial charge on any atom is 0.306 e. The van der Waals surface area contributed by atoms with Gasteiger partial charge in [-0.05, 0) is 103 Å². The highest BCUT2D eigenvalue weighted by Gasteiger charge is 2.19. The van der Waals surface area contributed by atoms with Crippen molar-refractivity contribution in [2.45, 2.75) is 354 Å². The minimum atomic E-state index is -0.779. The average Bonchev–Trinajstić information content (AvgIpc) is 3.44. The van der Waals surface area contributed by atoms with Crippen molar-refractivity contribution in [2.24, 2.45) is 0 Å². The van der Waals surface area contributed by atoms with Gasteiger partial charge in [0.2, 0.25) is 0 Å². The van der Waals surface area contributed by atoms with Gasteiger partial charge in [-0.2, -0.15) is 0 Å². The standard InChI is InChI=1S/C72H128O6/c1-4-7-10-13-16-19-22-24-26-27-28-29-30-31-32-33-34-35-36-37-38-39-40-41-42-43-44-45-47-48-50-53-56-59-62-65-71(74)77-68-69(67-76-70(73)64-61-58-55-52-21-18-15-12-9-6-3)78-72(75)66-63-60-57-54-51-49-46-25-23-20-17-14-11-8-5-2/h7,10,12,15-16,19,24-26,28-29,46,69H,4-6,8-9,11,13-14,17-18,20-23,27,30-45,47-68H2,1-3H3/b10-7-,15-12-,19-16-,26-24-,29-28-,46-25-. The Balaban J connectivity index is 4.02. The largest absolute Gasteiger partial charge is 0.462 e. The summed E-state index contributed by atoms with van der Waals surface area (Å²) < 4.78 is 16.9. The van der Waals surface area contributed by atoms with E-state index in [-0.39, 0.29) is 31.1 Å². The van der Waals surface area contributed by atoms with Gasteiger partial charge < -0.3 is 14.2 Å². The Kier molecular flexibility index (Phi) is 63.7. The molecule has 1 unspecified atom stereocenters. The molecule has 0 aliphatic heterocycles. The van der Waals surface area contributed by atoms with Crippen LogP contribution >= 0.6 is 0 Å². The van der Waals surface area contributed by atoms with Gasteiger partial charge >= 0.3 is 17.9 Å². The van der Waals surface area contributed by atoms with Crippen molar-refractivity contribution in [3.05, 3.63) is 72.9 Å². The number of carbonyl (C=O) groups excluding carboxylic acids is 3. The Morgan fingerprint density at radius 2 is 0.526 bits per heavy atom. The number of allylic oxidation sites excluding steroid dienone is 12. The fourth-order valence-electron chi connectivity index (χ4n) is 9.85. The number of rotatable bonds is 62. The van der Waals surface area contributed by atoms with Crippen molar-refractivity contribution in [1.82, 2.24) is 0 Å². The lowest BCUT2D eigenvalue weighted by Crippen LogP contribution is -2.30. The van der Waals surface area contributed by atoms with Gasteiger partial charge in [0, 0.05) is 19.3 Å². The van der Waals surface area contributed by atoms with Gasteiger partial charge in [0.25, 0.3) is 0 Å². The van der Waals surface area contributed by atoms with Crippen LogP contribution in [0.15, 0.2) is 72.9 Å². The second-order valence-electron chi connectivity index (χ2n) is 22.7. The van der Waals surface area contributed by atoms with Crippen LogP contribution in [0.25, 0.3) is 0 Å². The first-order chi connectivity index (χ1) is 38.5. The van der Waals surface area contributed by atoms with Crippen molar-refractivity contribution in [3.63, 3.8) is 0 Å². The molecule has 0 aromatic heterocycles. The molecular weight excluding hydrogens is 961 g/mol. The molecule has 0 heterocycles. The van der Waals surface area contributed by atoms with Crippen LogP contribution < -0.4 is 0 Å². The molecule has 1 atom stereocenters. The molecule has 6 heteroatoms. The Hall–Kier alpha value is -3.15. The van der Waals surface area contributed by atoms with E-state index >= 15 is 0 Å². The van der Waals surface area contributed by atoms with Gasteiger partial charge in [-0.3, -0.25) is 14.4 Å². The number of hydrogen-bond acceptors (Lipinski definition) is 6. The van der Waals surface area contributed by atoms with Crippen LogP contribution in [0.3, 0.4) is 0 Å². The smallest absolute Gasteiger partial charge is 0.306 e. The highest BCUT2D eigenvalue weighted by Crippen LogP contribution is 2.18. The molecular formula is C72H128O6. The van der Waals surface area contributed by atoms with E-state index in [1.165, 1.54) is 205 Å². The van der Waals surface area contributed by atoms with E-state index in [9.17, 15) is 14.4 Å². The molecule has 0 N–H and O–H groups in total. The lowest BCUT2D eigenvalue weighted by atomic mass is 10.0. The molecule has 78 heavy (non-hydrogen) atoms. The SMILES string of the molecule is CC/C=C\C/C=C\C/C=C\C/C=C\CCCCCCCCCCCCCCCCCCCCCCCCC(=O)OCC(COC(=O)CCCCCCC/C=C\CCC)OC(=O)CCCCCCC/C=C\CCCCCCCC. The van der Waals surface area contributed by atoms with E-state index < -0.39 is 6.10 Å². The van der Waals surface area contributed by atoms with Crippen molar-refractivity contribution < 1.29 is 28.6 Å². The molecule has 0 fully saturated rings. The highest BCUT2D eigenvalue weighted by molar-refractivity contribution is 5.71. The zero-order chi connectivity index (χ0) is 56.4. The summed E-state index contributed by atoms with van der Waals surface area (Å²) in [4.78, 5) is 38.2. The first kappa shape index (κ1) is 74.8. The average molecular weight is 1090 g/mol. The molecule has 0 amide bonds. The highest BCUT2D eigenvalue weighted by atomic mass is 16.6. The minimum absolute atomic E-state index is 0.0766. The molecule has 0 saturated heterocycles. The summed E-state index contributed by atoms with van der Waals surface area (Å²) in [5.74, 6) is -0.880. The van der Waals surface area contributed by atoms with Gasteiger partial charge in [-0.25, -0.2) is 0 Å². The number of carbonyl (C=O) groups is 3. The van der Waals surface area contributed by atoms with Crippen LogP contribution in [0.4, 0.5) is 0 Å². The van der Waals surface area contributed by atoms with Crippen LogP contribution in [0.2, 0.25) is 0 Å². The van der Waals surface area contributed by atoms with Crippen LogP contribution in [0, 0.1) is 0 Å². The number of unbranched alkanes of at least 4 members (excludes halogenated alkanes) is 39. The zero-order valence-electron chi connectivity index (χ0n) is 51.9. The van der Waals surface area contributed by atoms with Gasteiger partial charge in [-0.1, -0.05) is 299 Å². The summed E-state index contributed by atoms with van der Waals surface area (Å²) in [5, 5.41) is 0. The molecule has 0 aromatic rings. The van der Waals surface area contributed by atoms with Crippen LogP contribution in [-0.2, 0) is 28.6 Å². The van der Waals surface area contributed by atoms with Gasteiger partial charge in [0.15, 0.2) is 6.10 Å². The molecule has 6 nitrogen and oxygen atoms in total. The molecule has 0 saturated carbocycles. The second-order valence-corrected chi connectivity index (χ2v) is 22.7. The normalized spacial score (nSPS) is 12.5. The quantitative estimate of drug-likeness (QED) is 0.0261. The first-order valence-corrected chi connectivity index (χ1v) is 33.9. The van der Waals surface area contributed by atoms with Crippen LogP contribution in [-0.4, -0.2) is 37.2 Å². The monoisotopic (exact) mass is 1090 g/mol. The predicted molar refractivity (Wildman–Crippen MR) is 339 cm³/mol. The van der Waals surface area contributed by atoms with E-state index in [0.29, 0.717) is 19.3 Å². The lowest BCUT2D eigenvalue weighted by Gasteiger charge is -2.18. The van der Waals surface area contributed by atoms with Crippen molar-refractivity contribution in [1.29, 1.82) is 0 Å². The molecule has 0 aliphatic rings. The molecule has 0 rings (SSSR count). The van der Waals surface area contributed by atoms with Crippen LogP contribution in [0.1, 0.15) is 348 Å². The predicted octanol–water partition coefficient (Wildman–Crippen LogP) is 23.3. The topological polar surface area (TPSA) is 78.9 Å². The Morgan fingerprint density at radius 3 is 0.846 bits per heavy atom. The number of ether oxygens (including phenoxy) is 3. The van der Waals surface area contributed by atoms with E-state index in [1.807, 2.05) is 0 Å². The fraction of sp³-hybridized carbons (Fsp3) is 0.792. The second kappa shape index (κ2) is 66.4. The van der Waals surface area contributed by atoms with Crippen molar-refractivity contribution in [2.75, 3.05) is 13.2 Å². The molecule has 0 radical (unpaired) electrons. The van der Waals surface area contributed by atoms with Gasteiger partial charge in [0.05, 0.1) is 0 Å². The third kappa shape index (κ3) is 63.7.